The molecule has 0 saturated heterocycles. The molecule has 0 radical (unpaired) electrons. The second-order valence-electron chi connectivity index (χ2n) is 5.12. The largest absolute Gasteiger partial charge is 0.493 e. The first-order valence-electron chi connectivity index (χ1n) is 7.44. The van der Waals surface area contributed by atoms with Gasteiger partial charge in [0.25, 0.3) is 0 Å². The number of halogens is 1. The van der Waals surface area contributed by atoms with E-state index in [1.165, 1.54) is 0 Å². The van der Waals surface area contributed by atoms with Gasteiger partial charge in [-0.2, -0.15) is 0 Å². The molecule has 2 rings (SSSR count). The summed E-state index contributed by atoms with van der Waals surface area (Å²) in [5.74, 6) is 0.932. The number of benzene rings is 1. The van der Waals surface area contributed by atoms with Crippen molar-refractivity contribution < 1.29 is 4.74 Å². The van der Waals surface area contributed by atoms with Gasteiger partial charge in [0.2, 0.25) is 0 Å². The van der Waals surface area contributed by atoms with Gasteiger partial charge in [0.1, 0.15) is 5.75 Å². The zero-order valence-electron chi connectivity index (χ0n) is 12.9. The zero-order valence-corrected chi connectivity index (χ0v) is 13.7. The van der Waals surface area contributed by atoms with Crippen molar-refractivity contribution in [2.45, 2.75) is 46.6 Å². The van der Waals surface area contributed by atoms with E-state index in [4.69, 9.17) is 16.3 Å². The van der Waals surface area contributed by atoms with Crippen molar-refractivity contribution in [1.82, 2.24) is 15.0 Å². The van der Waals surface area contributed by atoms with Gasteiger partial charge in [-0.25, -0.2) is 0 Å². The smallest absolute Gasteiger partial charge is 0.122 e. The Kier molecular flexibility index (Phi) is 5.62. The maximum absolute atomic E-state index is 6.24. The van der Waals surface area contributed by atoms with Crippen LogP contribution in [0.4, 0.5) is 0 Å². The van der Waals surface area contributed by atoms with Crippen molar-refractivity contribution in [3.63, 3.8) is 0 Å². The summed E-state index contributed by atoms with van der Waals surface area (Å²) in [6.07, 6.45) is 4.66. The van der Waals surface area contributed by atoms with Crippen molar-refractivity contribution in [1.29, 1.82) is 0 Å². The maximum atomic E-state index is 6.24. The van der Waals surface area contributed by atoms with Crippen LogP contribution in [0.1, 0.15) is 37.1 Å². The molecule has 0 aliphatic carbocycles. The lowest BCUT2D eigenvalue weighted by atomic mass is 10.1. The van der Waals surface area contributed by atoms with Crippen LogP contribution >= 0.6 is 11.6 Å². The summed E-state index contributed by atoms with van der Waals surface area (Å²) in [7, 11) is 0. The van der Waals surface area contributed by atoms with E-state index in [9.17, 15) is 0 Å². The quantitative estimate of drug-likeness (QED) is 0.780. The summed E-state index contributed by atoms with van der Waals surface area (Å²) in [6, 6.07) is 4.03. The molecule has 4 nitrogen and oxygen atoms in total. The Morgan fingerprint density at radius 1 is 1.24 bits per heavy atom. The van der Waals surface area contributed by atoms with Crippen LogP contribution < -0.4 is 4.74 Å². The first-order valence-corrected chi connectivity index (χ1v) is 7.82. The summed E-state index contributed by atoms with van der Waals surface area (Å²) >= 11 is 6.24. The SMILES string of the molecule is CCCOc1cc(C)c(Cl)cc1CCc1cn(CC)nn1. The van der Waals surface area contributed by atoms with Crippen molar-refractivity contribution in [2.24, 2.45) is 0 Å². The van der Waals surface area contributed by atoms with Crippen LogP contribution in [0.25, 0.3) is 0 Å². The molecule has 21 heavy (non-hydrogen) atoms. The van der Waals surface area contributed by atoms with Crippen molar-refractivity contribution in [3.05, 3.63) is 40.2 Å². The number of hydrogen-bond acceptors (Lipinski definition) is 3. The van der Waals surface area contributed by atoms with Crippen LogP contribution in [0.3, 0.4) is 0 Å². The lowest BCUT2D eigenvalue weighted by molar-refractivity contribution is 0.314. The molecule has 5 heteroatoms. The average Bonchev–Trinajstić information content (AvgIpc) is 2.94. The van der Waals surface area contributed by atoms with Crippen molar-refractivity contribution >= 4 is 11.6 Å². The van der Waals surface area contributed by atoms with Gasteiger partial charge in [0.05, 0.1) is 12.3 Å². The van der Waals surface area contributed by atoms with Gasteiger partial charge in [0, 0.05) is 17.8 Å². The Labute approximate surface area is 131 Å². The van der Waals surface area contributed by atoms with Gasteiger partial charge >= 0.3 is 0 Å². The number of rotatable bonds is 7. The molecule has 1 aromatic heterocycles. The molecule has 114 valence electrons. The minimum atomic E-state index is 0.722. The normalized spacial score (nSPS) is 10.9. The van der Waals surface area contributed by atoms with Gasteiger partial charge in [0.15, 0.2) is 0 Å². The summed E-state index contributed by atoms with van der Waals surface area (Å²) in [5.41, 5.74) is 3.17. The molecule has 1 heterocycles. The standard InChI is InChI=1S/C16H22ClN3O/c1-4-8-21-16-9-12(3)15(17)10-13(16)6-7-14-11-20(5-2)19-18-14/h9-11H,4-8H2,1-3H3. The molecule has 0 unspecified atom stereocenters. The molecule has 1 aromatic carbocycles. The molecule has 0 aliphatic heterocycles. The molecule has 0 saturated carbocycles. The Hall–Kier alpha value is -1.55. The molecular formula is C16H22ClN3O. The van der Waals surface area contributed by atoms with Gasteiger partial charge in [-0.05, 0) is 56.4 Å². The van der Waals surface area contributed by atoms with E-state index in [0.29, 0.717) is 0 Å². The highest BCUT2D eigenvalue weighted by Crippen LogP contribution is 2.28. The summed E-state index contributed by atoms with van der Waals surface area (Å²) < 4.78 is 7.68. The third kappa shape index (κ3) is 4.21. The van der Waals surface area contributed by atoms with E-state index in [0.717, 1.165) is 60.0 Å². The minimum Gasteiger partial charge on any atom is -0.493 e. The molecule has 0 bridgehead atoms. The number of hydrogen-bond donors (Lipinski definition) is 0. The highest BCUT2D eigenvalue weighted by molar-refractivity contribution is 6.31. The summed E-state index contributed by atoms with van der Waals surface area (Å²) in [5, 5.41) is 9.02. The Bertz CT molecular complexity index is 595. The Balaban J connectivity index is 2.11. The van der Waals surface area contributed by atoms with Gasteiger partial charge in [-0.1, -0.05) is 23.7 Å². The molecule has 0 atom stereocenters. The monoisotopic (exact) mass is 307 g/mol. The molecule has 0 fully saturated rings. The summed E-state index contributed by atoms with van der Waals surface area (Å²) in [4.78, 5) is 0. The second-order valence-corrected chi connectivity index (χ2v) is 5.53. The van der Waals surface area contributed by atoms with Crippen molar-refractivity contribution in [2.75, 3.05) is 6.61 Å². The van der Waals surface area contributed by atoms with Crippen LogP contribution in [0, 0.1) is 6.92 Å². The lowest BCUT2D eigenvalue weighted by Gasteiger charge is -2.12. The lowest BCUT2D eigenvalue weighted by Crippen LogP contribution is -2.01. The van der Waals surface area contributed by atoms with Crippen LogP contribution in [0.5, 0.6) is 5.75 Å². The van der Waals surface area contributed by atoms with E-state index in [1.807, 2.05) is 29.9 Å². The Morgan fingerprint density at radius 3 is 2.71 bits per heavy atom. The third-order valence-corrected chi connectivity index (χ3v) is 3.77. The molecule has 0 amide bonds. The van der Waals surface area contributed by atoms with E-state index in [2.05, 4.69) is 24.2 Å². The van der Waals surface area contributed by atoms with Crippen LogP contribution in [-0.4, -0.2) is 21.6 Å². The van der Waals surface area contributed by atoms with E-state index in [-0.39, 0.29) is 0 Å². The number of ether oxygens (including phenoxy) is 1. The summed E-state index contributed by atoms with van der Waals surface area (Å²) in [6.45, 7) is 7.71. The molecule has 0 N–H and O–H groups in total. The third-order valence-electron chi connectivity index (χ3n) is 3.36. The highest BCUT2D eigenvalue weighted by Gasteiger charge is 2.09. The van der Waals surface area contributed by atoms with E-state index >= 15 is 0 Å². The highest BCUT2D eigenvalue weighted by atomic mass is 35.5. The zero-order chi connectivity index (χ0) is 15.2. The minimum absolute atomic E-state index is 0.722. The number of aromatic nitrogens is 3. The average molecular weight is 308 g/mol. The predicted octanol–water partition coefficient (Wildman–Crippen LogP) is 3.83. The van der Waals surface area contributed by atoms with E-state index in [1.54, 1.807) is 0 Å². The van der Waals surface area contributed by atoms with Gasteiger partial charge in [-0.15, -0.1) is 5.10 Å². The van der Waals surface area contributed by atoms with Crippen molar-refractivity contribution in [3.8, 4) is 5.75 Å². The molecule has 0 spiro atoms. The number of aryl methyl sites for hydroxylation is 4. The fraction of sp³-hybridized carbons (Fsp3) is 0.500. The van der Waals surface area contributed by atoms with Crippen LogP contribution in [-0.2, 0) is 19.4 Å². The van der Waals surface area contributed by atoms with Gasteiger partial charge in [-0.3, -0.25) is 4.68 Å². The van der Waals surface area contributed by atoms with Gasteiger partial charge < -0.3 is 4.74 Å². The van der Waals surface area contributed by atoms with E-state index < -0.39 is 0 Å². The van der Waals surface area contributed by atoms with Crippen LogP contribution in [0.2, 0.25) is 5.02 Å². The number of nitrogens with zero attached hydrogens (tertiary/aromatic N) is 3. The van der Waals surface area contributed by atoms with Crippen LogP contribution in [0.15, 0.2) is 18.3 Å². The fourth-order valence-corrected chi connectivity index (χ4v) is 2.29. The topological polar surface area (TPSA) is 39.9 Å². The molecule has 2 aromatic rings. The first kappa shape index (κ1) is 15.8. The second kappa shape index (κ2) is 7.46. The Morgan fingerprint density at radius 2 is 2.05 bits per heavy atom. The maximum Gasteiger partial charge on any atom is 0.122 e. The fourth-order valence-electron chi connectivity index (χ4n) is 2.11. The predicted molar refractivity (Wildman–Crippen MR) is 85.1 cm³/mol. The molecular weight excluding hydrogens is 286 g/mol. The molecule has 0 aliphatic rings. The first-order chi connectivity index (χ1) is 10.1.